The number of hydrogen-bond donors (Lipinski definition) is 3. The van der Waals surface area contributed by atoms with Crippen LogP contribution >= 0.6 is 11.6 Å². The van der Waals surface area contributed by atoms with Crippen LogP contribution in [0.5, 0.6) is 11.5 Å². The van der Waals surface area contributed by atoms with Gasteiger partial charge in [-0.15, -0.1) is 0 Å². The van der Waals surface area contributed by atoms with Crippen molar-refractivity contribution >= 4 is 23.3 Å². The van der Waals surface area contributed by atoms with Gasteiger partial charge in [0.2, 0.25) is 11.5 Å². The first kappa shape index (κ1) is 22.3. The van der Waals surface area contributed by atoms with Crippen molar-refractivity contribution in [3.05, 3.63) is 64.1 Å². The summed E-state index contributed by atoms with van der Waals surface area (Å²) in [6.07, 6.45) is 0. The van der Waals surface area contributed by atoms with Gasteiger partial charge in [-0.3, -0.25) is 4.79 Å². The van der Waals surface area contributed by atoms with E-state index in [9.17, 15) is 9.18 Å². The summed E-state index contributed by atoms with van der Waals surface area (Å²) in [7, 11) is 1.50. The summed E-state index contributed by atoms with van der Waals surface area (Å²) < 4.78 is 29.3. The Bertz CT molecular complexity index is 1050. The molecule has 164 valence electrons. The van der Waals surface area contributed by atoms with Gasteiger partial charge in [-0.1, -0.05) is 29.8 Å². The number of aromatic nitrogens is 2. The minimum atomic E-state index is -0.471. The third kappa shape index (κ3) is 5.83. The zero-order valence-corrected chi connectivity index (χ0v) is 17.4. The molecule has 0 bridgehead atoms. The second kappa shape index (κ2) is 10.6. The molecule has 0 atom stereocenters. The first-order valence-corrected chi connectivity index (χ1v) is 9.67. The Morgan fingerprint density at radius 3 is 2.77 bits per heavy atom. The number of nitrogens with two attached hydrogens (primary N) is 1. The number of amides is 1. The lowest BCUT2D eigenvalue weighted by Crippen LogP contribution is -2.32. The molecule has 0 saturated carbocycles. The van der Waals surface area contributed by atoms with E-state index in [1.165, 1.54) is 13.2 Å². The van der Waals surface area contributed by atoms with Crippen LogP contribution in [-0.4, -0.2) is 36.4 Å². The molecule has 1 aromatic heterocycles. The number of anilines is 1. The quantitative estimate of drug-likeness (QED) is 0.403. The molecule has 0 aliphatic heterocycles. The summed E-state index contributed by atoms with van der Waals surface area (Å²) in [6, 6.07) is 9.85. The normalized spacial score (nSPS) is 10.7. The van der Waals surface area contributed by atoms with Crippen LogP contribution in [0.25, 0.3) is 0 Å². The van der Waals surface area contributed by atoms with Crippen LogP contribution < -0.4 is 25.8 Å². The number of nitrogens with one attached hydrogen (secondary N) is 2. The van der Waals surface area contributed by atoms with Crippen molar-refractivity contribution in [2.24, 2.45) is 0 Å². The van der Waals surface area contributed by atoms with Crippen molar-refractivity contribution in [2.75, 3.05) is 25.9 Å². The molecule has 0 spiro atoms. The Kier molecular flexibility index (Phi) is 7.63. The highest BCUT2D eigenvalue weighted by Crippen LogP contribution is 2.37. The van der Waals surface area contributed by atoms with Crippen molar-refractivity contribution < 1.29 is 23.3 Å². The summed E-state index contributed by atoms with van der Waals surface area (Å²) in [4.78, 5) is 11.9. The van der Waals surface area contributed by atoms with E-state index in [0.29, 0.717) is 41.7 Å². The van der Waals surface area contributed by atoms with Gasteiger partial charge in [-0.25, -0.2) is 9.02 Å². The number of ether oxygens (including phenoxy) is 2. The topological polar surface area (TPSA) is 125 Å². The number of methoxy groups -OCH3 is 1. The van der Waals surface area contributed by atoms with Crippen molar-refractivity contribution in [3.63, 3.8) is 0 Å². The second-order valence-electron chi connectivity index (χ2n) is 6.42. The third-order valence-electron chi connectivity index (χ3n) is 4.26. The lowest BCUT2D eigenvalue weighted by Gasteiger charge is -2.15. The average Bonchev–Trinajstić information content (AvgIpc) is 3.19. The number of carbonyl (C=O) groups excluding carboxylic acids is 1. The minimum Gasteiger partial charge on any atom is -0.493 e. The van der Waals surface area contributed by atoms with Crippen molar-refractivity contribution in [2.45, 2.75) is 13.2 Å². The van der Waals surface area contributed by atoms with Crippen LogP contribution in [0.4, 0.5) is 10.2 Å². The van der Waals surface area contributed by atoms with E-state index in [1.54, 1.807) is 30.3 Å². The third-order valence-corrected chi connectivity index (χ3v) is 4.55. The van der Waals surface area contributed by atoms with Crippen molar-refractivity contribution in [1.82, 2.24) is 20.9 Å². The van der Waals surface area contributed by atoms with E-state index in [2.05, 4.69) is 25.6 Å². The number of halogens is 2. The fourth-order valence-electron chi connectivity index (χ4n) is 2.71. The summed E-state index contributed by atoms with van der Waals surface area (Å²) in [5.74, 6) is -0.121. The van der Waals surface area contributed by atoms with Crippen LogP contribution in [-0.2, 0) is 13.2 Å². The van der Waals surface area contributed by atoms with Crippen molar-refractivity contribution in [3.8, 4) is 11.5 Å². The molecule has 3 rings (SSSR count). The van der Waals surface area contributed by atoms with E-state index in [-0.39, 0.29) is 23.9 Å². The zero-order chi connectivity index (χ0) is 22.2. The Morgan fingerprint density at radius 1 is 1.26 bits per heavy atom. The van der Waals surface area contributed by atoms with Gasteiger partial charge < -0.3 is 25.8 Å². The summed E-state index contributed by atoms with van der Waals surface area (Å²) in [6.45, 7) is 1.29. The van der Waals surface area contributed by atoms with E-state index in [4.69, 9.17) is 26.8 Å². The summed E-state index contributed by atoms with van der Waals surface area (Å²) >= 11 is 6.36. The Labute approximate surface area is 182 Å². The number of benzene rings is 2. The molecule has 3 aromatic rings. The number of rotatable bonds is 10. The van der Waals surface area contributed by atoms with Crippen LogP contribution in [0.1, 0.15) is 21.6 Å². The Balaban J connectivity index is 1.51. The van der Waals surface area contributed by atoms with Gasteiger partial charge in [-0.05, 0) is 34.1 Å². The van der Waals surface area contributed by atoms with Gasteiger partial charge >= 0.3 is 0 Å². The maximum Gasteiger partial charge on any atom is 0.277 e. The van der Waals surface area contributed by atoms with Crippen molar-refractivity contribution in [1.29, 1.82) is 0 Å². The van der Waals surface area contributed by atoms with Gasteiger partial charge in [-0.2, -0.15) is 0 Å². The van der Waals surface area contributed by atoms with E-state index in [0.717, 1.165) is 5.56 Å². The molecule has 1 amide bonds. The fourth-order valence-corrected chi connectivity index (χ4v) is 3.00. The van der Waals surface area contributed by atoms with Gasteiger partial charge in [0.1, 0.15) is 12.4 Å². The molecule has 9 nitrogen and oxygen atoms in total. The van der Waals surface area contributed by atoms with E-state index >= 15 is 0 Å². The summed E-state index contributed by atoms with van der Waals surface area (Å²) in [5, 5.41) is 12.9. The minimum absolute atomic E-state index is 0.0194. The average molecular weight is 450 g/mol. The maximum absolute atomic E-state index is 13.8. The number of carbonyl (C=O) groups is 1. The highest BCUT2D eigenvalue weighted by Gasteiger charge is 2.15. The lowest BCUT2D eigenvalue weighted by atomic mass is 10.2. The largest absolute Gasteiger partial charge is 0.493 e. The molecule has 1 heterocycles. The van der Waals surface area contributed by atoms with Crippen LogP contribution in [0.2, 0.25) is 5.02 Å². The van der Waals surface area contributed by atoms with Gasteiger partial charge in [0.05, 0.1) is 12.1 Å². The molecule has 0 radical (unpaired) electrons. The van der Waals surface area contributed by atoms with Crippen LogP contribution in [0.15, 0.2) is 41.0 Å². The SMILES string of the molecule is COc1cc(CNCCNC(=O)c2nonc2N)cc(Cl)c1OCc1ccccc1F. The molecule has 0 saturated heterocycles. The van der Waals surface area contributed by atoms with Crippen LogP contribution in [0, 0.1) is 5.82 Å². The smallest absolute Gasteiger partial charge is 0.277 e. The molecular formula is C20H21ClFN5O4. The second-order valence-corrected chi connectivity index (χ2v) is 6.83. The maximum atomic E-state index is 13.8. The van der Waals surface area contributed by atoms with E-state index < -0.39 is 5.91 Å². The molecule has 31 heavy (non-hydrogen) atoms. The highest BCUT2D eigenvalue weighted by molar-refractivity contribution is 6.32. The van der Waals surface area contributed by atoms with Gasteiger partial charge in [0, 0.05) is 25.2 Å². The molecule has 2 aromatic carbocycles. The van der Waals surface area contributed by atoms with E-state index in [1.807, 2.05) is 0 Å². The fraction of sp³-hybridized carbons (Fsp3) is 0.250. The lowest BCUT2D eigenvalue weighted by molar-refractivity contribution is 0.0944. The summed E-state index contributed by atoms with van der Waals surface area (Å²) in [5.41, 5.74) is 6.67. The predicted octanol–water partition coefficient (Wildman–Crippen LogP) is 2.55. The monoisotopic (exact) mass is 449 g/mol. The standard InChI is InChI=1S/C20H21ClFN5O4/c1-29-16-9-12(10-24-6-7-25-20(28)17-19(23)27-31-26-17)8-14(21)18(16)30-11-13-4-2-3-5-15(13)22/h2-5,8-9,24H,6-7,10-11H2,1H3,(H2,23,27)(H,25,28). The first-order chi connectivity index (χ1) is 15.0. The number of nitrogen functional groups attached to an aromatic ring is 1. The zero-order valence-electron chi connectivity index (χ0n) is 16.7. The predicted molar refractivity (Wildman–Crippen MR) is 111 cm³/mol. The Hall–Kier alpha value is -3.37. The first-order valence-electron chi connectivity index (χ1n) is 9.29. The highest BCUT2D eigenvalue weighted by atomic mass is 35.5. The van der Waals surface area contributed by atoms with Gasteiger partial charge in [0.15, 0.2) is 11.5 Å². The molecule has 0 aliphatic carbocycles. The Morgan fingerprint density at radius 2 is 2.06 bits per heavy atom. The molecule has 0 unspecified atom stereocenters. The van der Waals surface area contributed by atoms with Gasteiger partial charge in [0.25, 0.3) is 5.91 Å². The number of nitrogens with zero attached hydrogens (tertiary/aromatic N) is 2. The molecule has 11 heteroatoms. The molecule has 0 aliphatic rings. The molecule has 4 N–H and O–H groups in total. The number of hydrogen-bond acceptors (Lipinski definition) is 8. The molecule has 0 fully saturated rings. The molecular weight excluding hydrogens is 429 g/mol. The van der Waals surface area contributed by atoms with Crippen LogP contribution in [0.3, 0.4) is 0 Å².